The van der Waals surface area contributed by atoms with Gasteiger partial charge in [-0.2, -0.15) is 13.2 Å². The molecule has 0 aromatic carbocycles. The predicted octanol–water partition coefficient (Wildman–Crippen LogP) is 3.55. The highest BCUT2D eigenvalue weighted by molar-refractivity contribution is 14.0. The Labute approximate surface area is 191 Å². The van der Waals surface area contributed by atoms with Crippen molar-refractivity contribution in [2.45, 2.75) is 65.2 Å². The Balaban J connectivity index is 0.00000420. The van der Waals surface area contributed by atoms with Crippen LogP contribution in [-0.4, -0.2) is 79.8 Å². The number of halogens is 4. The highest BCUT2D eigenvalue weighted by Crippen LogP contribution is 2.24. The minimum Gasteiger partial charge on any atom is -0.357 e. The molecule has 2 N–H and O–H groups in total. The van der Waals surface area contributed by atoms with Crippen LogP contribution in [0.4, 0.5) is 13.2 Å². The van der Waals surface area contributed by atoms with E-state index in [1.807, 2.05) is 0 Å². The van der Waals surface area contributed by atoms with Gasteiger partial charge in [0.15, 0.2) is 5.96 Å². The number of rotatable bonds is 7. The van der Waals surface area contributed by atoms with Crippen LogP contribution in [0.25, 0.3) is 0 Å². The van der Waals surface area contributed by atoms with Gasteiger partial charge in [0.25, 0.3) is 0 Å². The van der Waals surface area contributed by atoms with Crippen molar-refractivity contribution >= 4 is 29.9 Å². The highest BCUT2D eigenvalue weighted by Gasteiger charge is 2.33. The molecule has 2 atom stereocenters. The second kappa shape index (κ2) is 12.5. The van der Waals surface area contributed by atoms with Gasteiger partial charge in [0.2, 0.25) is 0 Å². The minimum atomic E-state index is -4.09. The molecule has 0 saturated carbocycles. The van der Waals surface area contributed by atoms with Gasteiger partial charge in [0.05, 0.1) is 6.54 Å². The summed E-state index contributed by atoms with van der Waals surface area (Å²) in [5, 5.41) is 6.92. The van der Waals surface area contributed by atoms with Crippen molar-refractivity contribution in [2.24, 2.45) is 16.8 Å². The molecule has 0 bridgehead atoms. The molecule has 2 heterocycles. The first kappa shape index (κ1) is 26.7. The largest absolute Gasteiger partial charge is 0.401 e. The molecule has 5 nitrogen and oxygen atoms in total. The van der Waals surface area contributed by atoms with E-state index in [-0.39, 0.29) is 24.0 Å². The zero-order valence-electron chi connectivity index (χ0n) is 18.3. The van der Waals surface area contributed by atoms with Crippen LogP contribution >= 0.6 is 24.0 Å². The summed E-state index contributed by atoms with van der Waals surface area (Å²) >= 11 is 0. The molecule has 2 saturated heterocycles. The standard InChI is InChI=1S/C20H38F3N5.HI/c1-5-24-19(26-18-13-28(15(2)3)12-16(18)4)25-9-6-17-7-10-27(11-8-17)14-20(21,22)23;/h15-18H,5-14H2,1-4H3,(H2,24,25,26);1H. The van der Waals surface area contributed by atoms with Gasteiger partial charge >= 0.3 is 6.18 Å². The lowest BCUT2D eigenvalue weighted by Gasteiger charge is -2.32. The number of guanidine groups is 1. The molecule has 9 heteroatoms. The summed E-state index contributed by atoms with van der Waals surface area (Å²) in [7, 11) is 0. The Morgan fingerprint density at radius 3 is 2.34 bits per heavy atom. The Bertz CT molecular complexity index is 493. The number of nitrogens with zero attached hydrogens (tertiary/aromatic N) is 3. The molecule has 29 heavy (non-hydrogen) atoms. The molecule has 0 aliphatic carbocycles. The molecule has 2 aliphatic heterocycles. The maximum atomic E-state index is 12.5. The lowest BCUT2D eigenvalue weighted by Crippen LogP contribution is -2.47. The molecule has 2 aliphatic rings. The van der Waals surface area contributed by atoms with Crippen molar-refractivity contribution in [3.63, 3.8) is 0 Å². The molecular weight excluding hydrogens is 494 g/mol. The maximum Gasteiger partial charge on any atom is 0.401 e. The maximum absolute atomic E-state index is 12.5. The Morgan fingerprint density at radius 1 is 1.17 bits per heavy atom. The molecule has 0 radical (unpaired) electrons. The number of piperidine rings is 1. The molecule has 0 amide bonds. The third-order valence-electron chi connectivity index (χ3n) is 5.95. The van der Waals surface area contributed by atoms with E-state index in [4.69, 9.17) is 4.99 Å². The summed E-state index contributed by atoms with van der Waals surface area (Å²) in [5.41, 5.74) is 0. The van der Waals surface area contributed by atoms with E-state index in [1.54, 1.807) is 0 Å². The van der Waals surface area contributed by atoms with Gasteiger partial charge in [-0.25, -0.2) is 0 Å². The van der Waals surface area contributed by atoms with Crippen LogP contribution in [0.2, 0.25) is 0 Å². The average molecular weight is 533 g/mol. The van der Waals surface area contributed by atoms with Crippen LogP contribution in [0, 0.1) is 11.8 Å². The van der Waals surface area contributed by atoms with Gasteiger partial charge in [0.1, 0.15) is 0 Å². The normalized spacial score (nSPS) is 25.3. The Hall–Kier alpha value is -0.290. The molecule has 0 aromatic rings. The lowest BCUT2D eigenvalue weighted by molar-refractivity contribution is -0.148. The number of aliphatic imine (C=N–C) groups is 1. The summed E-state index contributed by atoms with van der Waals surface area (Å²) in [4.78, 5) is 8.74. The van der Waals surface area contributed by atoms with E-state index in [0.717, 1.165) is 44.9 Å². The average Bonchev–Trinajstić information content (AvgIpc) is 2.96. The molecule has 0 aromatic heterocycles. The van der Waals surface area contributed by atoms with Crippen molar-refractivity contribution < 1.29 is 13.2 Å². The van der Waals surface area contributed by atoms with E-state index in [2.05, 4.69) is 43.2 Å². The number of alkyl halides is 3. The van der Waals surface area contributed by atoms with Crippen LogP contribution < -0.4 is 10.6 Å². The van der Waals surface area contributed by atoms with Crippen molar-refractivity contribution in [3.8, 4) is 0 Å². The van der Waals surface area contributed by atoms with Crippen molar-refractivity contribution in [2.75, 3.05) is 45.8 Å². The first-order chi connectivity index (χ1) is 13.2. The fourth-order valence-electron chi connectivity index (χ4n) is 4.16. The van der Waals surface area contributed by atoms with Crippen molar-refractivity contribution in [1.82, 2.24) is 20.4 Å². The molecule has 172 valence electrons. The van der Waals surface area contributed by atoms with E-state index >= 15 is 0 Å². The third-order valence-corrected chi connectivity index (χ3v) is 5.95. The molecule has 2 fully saturated rings. The van der Waals surface area contributed by atoms with E-state index < -0.39 is 12.7 Å². The van der Waals surface area contributed by atoms with Gasteiger partial charge in [-0.15, -0.1) is 24.0 Å². The van der Waals surface area contributed by atoms with Gasteiger partial charge in [0, 0.05) is 38.3 Å². The summed E-state index contributed by atoms with van der Waals surface area (Å²) < 4.78 is 37.5. The first-order valence-electron chi connectivity index (χ1n) is 10.8. The number of likely N-dealkylation sites (tertiary alicyclic amines) is 2. The van der Waals surface area contributed by atoms with Crippen LogP contribution in [0.1, 0.15) is 47.0 Å². The summed E-state index contributed by atoms with van der Waals surface area (Å²) in [5.74, 6) is 1.90. The zero-order valence-corrected chi connectivity index (χ0v) is 20.6. The molecular formula is C20H39F3IN5. The van der Waals surface area contributed by atoms with E-state index in [1.165, 1.54) is 4.90 Å². The number of nitrogens with one attached hydrogen (secondary N) is 2. The smallest absolute Gasteiger partial charge is 0.357 e. The monoisotopic (exact) mass is 533 g/mol. The van der Waals surface area contributed by atoms with Crippen LogP contribution in [0.5, 0.6) is 0 Å². The topological polar surface area (TPSA) is 42.9 Å². The van der Waals surface area contributed by atoms with Crippen molar-refractivity contribution in [3.05, 3.63) is 0 Å². The number of hydrogen-bond donors (Lipinski definition) is 2. The zero-order chi connectivity index (χ0) is 20.7. The fraction of sp³-hybridized carbons (Fsp3) is 0.950. The van der Waals surface area contributed by atoms with Gasteiger partial charge < -0.3 is 10.6 Å². The third kappa shape index (κ3) is 9.59. The lowest BCUT2D eigenvalue weighted by atomic mass is 9.93. The number of hydrogen-bond acceptors (Lipinski definition) is 3. The molecule has 2 rings (SSSR count). The second-order valence-electron chi connectivity index (χ2n) is 8.66. The summed E-state index contributed by atoms with van der Waals surface area (Å²) in [6.45, 7) is 12.8. The SMILES string of the molecule is CCNC(=NCCC1CCN(CC(F)(F)F)CC1)NC1CN(C(C)C)CC1C.I. The minimum absolute atomic E-state index is 0. The Morgan fingerprint density at radius 2 is 1.83 bits per heavy atom. The fourth-order valence-corrected chi connectivity index (χ4v) is 4.16. The summed E-state index contributed by atoms with van der Waals surface area (Å²) in [6, 6.07) is 0.947. The van der Waals surface area contributed by atoms with Crippen LogP contribution in [0.3, 0.4) is 0 Å². The van der Waals surface area contributed by atoms with E-state index in [0.29, 0.717) is 43.6 Å². The van der Waals surface area contributed by atoms with Crippen LogP contribution in [-0.2, 0) is 0 Å². The van der Waals surface area contributed by atoms with Gasteiger partial charge in [-0.1, -0.05) is 6.92 Å². The van der Waals surface area contributed by atoms with Crippen molar-refractivity contribution in [1.29, 1.82) is 0 Å². The van der Waals surface area contributed by atoms with Crippen LogP contribution in [0.15, 0.2) is 4.99 Å². The van der Waals surface area contributed by atoms with E-state index in [9.17, 15) is 13.2 Å². The molecule has 0 spiro atoms. The highest BCUT2D eigenvalue weighted by atomic mass is 127. The van der Waals surface area contributed by atoms with Gasteiger partial charge in [-0.05, 0) is 65.0 Å². The summed E-state index contributed by atoms with van der Waals surface area (Å²) in [6.07, 6.45) is -1.49. The Kier molecular flexibility index (Phi) is 11.6. The predicted molar refractivity (Wildman–Crippen MR) is 124 cm³/mol. The first-order valence-corrected chi connectivity index (χ1v) is 10.8. The van der Waals surface area contributed by atoms with Gasteiger partial charge in [-0.3, -0.25) is 14.8 Å². The molecule has 2 unspecified atom stereocenters. The quantitative estimate of drug-likeness (QED) is 0.299. The second-order valence-corrected chi connectivity index (χ2v) is 8.66.